The predicted molar refractivity (Wildman–Crippen MR) is 94.9 cm³/mol. The minimum atomic E-state index is -1.94. The molecule has 1 aromatic rings. The van der Waals surface area contributed by atoms with Gasteiger partial charge in [0.25, 0.3) is 0 Å². The third-order valence-corrected chi connectivity index (χ3v) is 9.52. The number of amides is 1. The average Bonchev–Trinajstić information content (AvgIpc) is 2.79. The van der Waals surface area contributed by atoms with Gasteiger partial charge in [-0.25, -0.2) is 4.79 Å². The summed E-state index contributed by atoms with van der Waals surface area (Å²) in [4.78, 5) is 14.0. The normalized spacial score (nSPS) is 20.5. The third kappa shape index (κ3) is 4.15. The smallest absolute Gasteiger partial charge is 0.412 e. The number of ether oxygens (including phenoxy) is 1. The van der Waals surface area contributed by atoms with Gasteiger partial charge in [-0.2, -0.15) is 0 Å². The maximum Gasteiger partial charge on any atom is 0.412 e. The lowest BCUT2D eigenvalue weighted by Crippen LogP contribution is -2.51. The van der Waals surface area contributed by atoms with Gasteiger partial charge in [-0.3, -0.25) is 4.90 Å². The molecule has 2 atom stereocenters. The second-order valence-corrected chi connectivity index (χ2v) is 12.6. The Labute approximate surface area is 140 Å². The largest absolute Gasteiger partial charge is 0.447 e. The van der Waals surface area contributed by atoms with Gasteiger partial charge in [-0.15, -0.1) is 0 Å². The first kappa shape index (κ1) is 18.0. The number of cyclic esters (lactones) is 1. The highest BCUT2D eigenvalue weighted by atomic mass is 28.4. The highest BCUT2D eigenvalue weighted by Crippen LogP contribution is 2.38. The van der Waals surface area contributed by atoms with Crippen molar-refractivity contribution in [3.8, 4) is 0 Å². The summed E-state index contributed by atoms with van der Waals surface area (Å²) in [5, 5.41) is 0.111. The molecule has 4 nitrogen and oxygen atoms in total. The minimum absolute atomic E-state index is 0.0321. The van der Waals surface area contributed by atoms with Crippen LogP contribution in [-0.4, -0.2) is 38.2 Å². The van der Waals surface area contributed by atoms with E-state index in [2.05, 4.69) is 46.0 Å². The molecule has 0 spiro atoms. The maximum atomic E-state index is 12.2. The van der Waals surface area contributed by atoms with Crippen molar-refractivity contribution in [2.24, 2.45) is 0 Å². The van der Waals surface area contributed by atoms with E-state index in [1.54, 1.807) is 4.90 Å². The van der Waals surface area contributed by atoms with Crippen LogP contribution in [0.15, 0.2) is 30.3 Å². The van der Waals surface area contributed by atoms with E-state index >= 15 is 0 Å². The summed E-state index contributed by atoms with van der Waals surface area (Å²) in [5.74, 6) is 0. The standard InChI is InChI=1S/C18H29NO3Si/c1-14(22-23(5,6)18(2,3)4)19-16(13-21-17(19)20)12-15-10-8-7-9-11-15/h7-11,14,16H,12-13H2,1-6H3/t14?,16-/m1/s1. The molecule has 5 heteroatoms. The average molecular weight is 336 g/mol. The van der Waals surface area contributed by atoms with Crippen LogP contribution < -0.4 is 0 Å². The molecule has 23 heavy (non-hydrogen) atoms. The van der Waals surface area contributed by atoms with Crippen LogP contribution in [0.3, 0.4) is 0 Å². The first-order valence-corrected chi connectivity index (χ1v) is 11.2. The van der Waals surface area contributed by atoms with Gasteiger partial charge >= 0.3 is 6.09 Å². The molecule has 1 aliphatic heterocycles. The Kier molecular flexibility index (Phi) is 5.21. The van der Waals surface area contributed by atoms with E-state index in [9.17, 15) is 4.79 Å². The van der Waals surface area contributed by atoms with E-state index in [4.69, 9.17) is 9.16 Å². The predicted octanol–water partition coefficient (Wildman–Crippen LogP) is 4.42. The zero-order valence-corrected chi connectivity index (χ0v) is 16.1. The van der Waals surface area contributed by atoms with Crippen molar-refractivity contribution in [1.82, 2.24) is 4.90 Å². The summed E-state index contributed by atoms with van der Waals surface area (Å²) < 4.78 is 11.7. The molecule has 1 saturated heterocycles. The summed E-state index contributed by atoms with van der Waals surface area (Å²) >= 11 is 0. The molecule has 1 unspecified atom stereocenters. The molecular formula is C18H29NO3Si. The molecule has 0 saturated carbocycles. The van der Waals surface area contributed by atoms with Crippen LogP contribution in [0.4, 0.5) is 4.79 Å². The van der Waals surface area contributed by atoms with Crippen molar-refractivity contribution in [2.75, 3.05) is 6.61 Å². The van der Waals surface area contributed by atoms with Gasteiger partial charge in [0.1, 0.15) is 12.8 Å². The molecular weight excluding hydrogens is 306 g/mol. The van der Waals surface area contributed by atoms with Crippen molar-refractivity contribution < 1.29 is 14.0 Å². The van der Waals surface area contributed by atoms with E-state index < -0.39 is 8.32 Å². The summed E-state index contributed by atoms with van der Waals surface area (Å²) in [6, 6.07) is 10.2. The molecule has 1 aromatic carbocycles. The lowest BCUT2D eigenvalue weighted by Gasteiger charge is -2.41. The SMILES string of the molecule is CC(O[Si](C)(C)C(C)(C)C)N1C(=O)OC[C@H]1Cc1ccccc1. The van der Waals surface area contributed by atoms with E-state index in [0.29, 0.717) is 6.61 Å². The van der Waals surface area contributed by atoms with Gasteiger partial charge in [0.15, 0.2) is 8.32 Å². The van der Waals surface area contributed by atoms with Crippen molar-refractivity contribution in [1.29, 1.82) is 0 Å². The Balaban J connectivity index is 2.10. The fraction of sp³-hybridized carbons (Fsp3) is 0.611. The first-order valence-electron chi connectivity index (χ1n) is 8.28. The van der Waals surface area contributed by atoms with Gasteiger partial charge in [-0.1, -0.05) is 51.1 Å². The molecule has 0 radical (unpaired) electrons. The second-order valence-electron chi connectivity index (χ2n) is 7.81. The van der Waals surface area contributed by atoms with E-state index in [-0.39, 0.29) is 23.4 Å². The van der Waals surface area contributed by atoms with Crippen molar-refractivity contribution in [3.05, 3.63) is 35.9 Å². The minimum Gasteiger partial charge on any atom is -0.447 e. The van der Waals surface area contributed by atoms with Gasteiger partial charge in [0.05, 0.1) is 6.04 Å². The Hall–Kier alpha value is -1.33. The van der Waals surface area contributed by atoms with Gasteiger partial charge < -0.3 is 9.16 Å². The van der Waals surface area contributed by atoms with Crippen molar-refractivity contribution in [2.45, 2.75) is 64.5 Å². The number of hydrogen-bond donors (Lipinski definition) is 0. The Bertz CT molecular complexity index is 539. The van der Waals surface area contributed by atoms with E-state index in [1.807, 2.05) is 25.1 Å². The lowest BCUT2D eigenvalue weighted by atomic mass is 10.1. The van der Waals surface area contributed by atoms with Crippen LogP contribution in [0.25, 0.3) is 0 Å². The molecule has 128 valence electrons. The Morgan fingerprint density at radius 2 is 1.91 bits per heavy atom. The molecule has 0 aromatic heterocycles. The van der Waals surface area contributed by atoms with Crippen LogP contribution in [0, 0.1) is 0 Å². The van der Waals surface area contributed by atoms with Crippen LogP contribution in [0.1, 0.15) is 33.3 Å². The third-order valence-electron chi connectivity index (χ3n) is 4.98. The summed E-state index contributed by atoms with van der Waals surface area (Å²) in [6.07, 6.45) is 0.259. The van der Waals surface area contributed by atoms with Crippen LogP contribution in [0.2, 0.25) is 18.1 Å². The number of nitrogens with zero attached hydrogens (tertiary/aromatic N) is 1. The molecule has 0 N–H and O–H groups in total. The lowest BCUT2D eigenvalue weighted by molar-refractivity contribution is 0.0421. The summed E-state index contributed by atoms with van der Waals surface area (Å²) in [6.45, 7) is 13.4. The highest BCUT2D eigenvalue weighted by molar-refractivity contribution is 6.74. The molecule has 1 heterocycles. The molecule has 1 amide bonds. The number of carbonyl (C=O) groups is 1. The first-order chi connectivity index (χ1) is 10.6. The summed E-state index contributed by atoms with van der Waals surface area (Å²) in [5.41, 5.74) is 1.21. The van der Waals surface area contributed by atoms with Gasteiger partial charge in [-0.05, 0) is 37.0 Å². The summed E-state index contributed by atoms with van der Waals surface area (Å²) in [7, 11) is -1.94. The van der Waals surface area contributed by atoms with Crippen LogP contribution >= 0.6 is 0 Å². The Morgan fingerprint density at radius 3 is 2.48 bits per heavy atom. The number of hydrogen-bond acceptors (Lipinski definition) is 3. The fourth-order valence-corrected chi connectivity index (χ4v) is 3.94. The highest BCUT2D eigenvalue weighted by Gasteiger charge is 2.43. The van der Waals surface area contributed by atoms with Crippen LogP contribution in [-0.2, 0) is 15.6 Å². The zero-order valence-electron chi connectivity index (χ0n) is 15.1. The Morgan fingerprint density at radius 1 is 1.30 bits per heavy atom. The molecule has 0 bridgehead atoms. The molecule has 1 aliphatic rings. The van der Waals surface area contributed by atoms with E-state index in [1.165, 1.54) is 5.56 Å². The fourth-order valence-electron chi connectivity index (χ4n) is 2.62. The van der Waals surface area contributed by atoms with Gasteiger partial charge in [0.2, 0.25) is 0 Å². The number of rotatable bonds is 5. The second kappa shape index (κ2) is 6.65. The number of benzene rings is 1. The molecule has 2 rings (SSSR count). The number of carbonyl (C=O) groups excluding carboxylic acids is 1. The molecule has 0 aliphatic carbocycles. The van der Waals surface area contributed by atoms with Crippen molar-refractivity contribution >= 4 is 14.4 Å². The zero-order chi connectivity index (χ0) is 17.3. The van der Waals surface area contributed by atoms with Crippen LogP contribution in [0.5, 0.6) is 0 Å². The van der Waals surface area contributed by atoms with E-state index in [0.717, 1.165) is 6.42 Å². The topological polar surface area (TPSA) is 38.8 Å². The molecule has 1 fully saturated rings. The quantitative estimate of drug-likeness (QED) is 0.748. The van der Waals surface area contributed by atoms with Gasteiger partial charge in [0, 0.05) is 0 Å². The maximum absolute atomic E-state index is 12.2. The van der Waals surface area contributed by atoms with Crippen molar-refractivity contribution in [3.63, 3.8) is 0 Å². The monoisotopic (exact) mass is 335 g/mol.